The van der Waals surface area contributed by atoms with Crippen LogP contribution in [0.4, 0.5) is 0 Å². The van der Waals surface area contributed by atoms with Crippen LogP contribution in [-0.2, 0) is 0 Å². The zero-order valence-corrected chi connectivity index (χ0v) is 8.40. The normalized spacial score (nSPS) is 10.2. The fourth-order valence-corrected chi connectivity index (χ4v) is 1.34. The molecule has 0 bridgehead atoms. The molecule has 1 aromatic heterocycles. The summed E-state index contributed by atoms with van der Waals surface area (Å²) in [6, 6.07) is 0. The van der Waals surface area contributed by atoms with Crippen LogP contribution in [0.15, 0.2) is 10.7 Å². The summed E-state index contributed by atoms with van der Waals surface area (Å²) in [4.78, 5) is 0. The fourth-order valence-electron chi connectivity index (χ4n) is 0.949. The topological polar surface area (TPSA) is 26.9 Å². The summed E-state index contributed by atoms with van der Waals surface area (Å²) in [5.74, 6) is 0. The molecule has 0 atom stereocenters. The van der Waals surface area contributed by atoms with Crippen molar-refractivity contribution in [3.05, 3.63) is 32.7 Å². The van der Waals surface area contributed by atoms with Gasteiger partial charge in [0.2, 0.25) is 0 Å². The smallest absolute Gasteiger partial charge is 0.193 e. The van der Waals surface area contributed by atoms with Crippen molar-refractivity contribution in [2.75, 3.05) is 0 Å². The molecule has 60 valence electrons. The van der Waals surface area contributed by atoms with Crippen LogP contribution in [0.25, 0.3) is 0 Å². The molecule has 0 N–H and O–H groups in total. The van der Waals surface area contributed by atoms with Crippen molar-refractivity contribution in [3.63, 3.8) is 0 Å². The highest BCUT2D eigenvalue weighted by molar-refractivity contribution is 9.10. The van der Waals surface area contributed by atoms with Crippen molar-refractivity contribution in [2.45, 2.75) is 20.8 Å². The average molecular weight is 216 g/mol. The van der Waals surface area contributed by atoms with E-state index in [2.05, 4.69) is 15.9 Å². The summed E-state index contributed by atoms with van der Waals surface area (Å²) >= 11 is 3.41. The largest absolute Gasteiger partial charge is 0.618 e. The predicted octanol–water partition coefficient (Wildman–Crippen LogP) is 2.01. The van der Waals surface area contributed by atoms with Crippen LogP contribution in [0.1, 0.15) is 16.8 Å². The number of hydrogen-bond donors (Lipinski definition) is 0. The van der Waals surface area contributed by atoms with E-state index >= 15 is 0 Å². The van der Waals surface area contributed by atoms with Gasteiger partial charge in [-0.15, -0.1) is 0 Å². The average Bonchev–Trinajstić information content (AvgIpc) is 1.97. The number of rotatable bonds is 0. The van der Waals surface area contributed by atoms with Crippen LogP contribution >= 0.6 is 15.9 Å². The van der Waals surface area contributed by atoms with Gasteiger partial charge in [-0.3, -0.25) is 0 Å². The molecule has 0 fully saturated rings. The molecule has 0 saturated heterocycles. The van der Waals surface area contributed by atoms with Gasteiger partial charge in [-0.25, -0.2) is 0 Å². The molecule has 1 rings (SSSR count). The van der Waals surface area contributed by atoms with Gasteiger partial charge in [0.25, 0.3) is 0 Å². The summed E-state index contributed by atoms with van der Waals surface area (Å²) < 4.78 is 1.93. The Morgan fingerprint density at radius 2 is 1.91 bits per heavy atom. The van der Waals surface area contributed by atoms with E-state index in [1.54, 1.807) is 6.20 Å². The SMILES string of the molecule is Cc1c[n+]([O-])c(C)c(C)c1Br. The Morgan fingerprint density at radius 3 is 2.45 bits per heavy atom. The quantitative estimate of drug-likeness (QED) is 0.481. The van der Waals surface area contributed by atoms with E-state index in [4.69, 9.17) is 0 Å². The molecular formula is C8H10BrNO. The number of halogens is 1. The molecule has 0 aliphatic heterocycles. The summed E-state index contributed by atoms with van der Waals surface area (Å²) in [5.41, 5.74) is 2.74. The molecular weight excluding hydrogens is 206 g/mol. The highest BCUT2D eigenvalue weighted by atomic mass is 79.9. The first-order valence-electron chi connectivity index (χ1n) is 3.39. The highest BCUT2D eigenvalue weighted by Gasteiger charge is 2.09. The molecule has 0 radical (unpaired) electrons. The third-order valence-electron chi connectivity index (χ3n) is 1.86. The second-order valence-corrected chi connectivity index (χ2v) is 3.46. The molecule has 0 amide bonds. The Bertz CT molecular complexity index is 270. The van der Waals surface area contributed by atoms with Gasteiger partial charge in [0.1, 0.15) is 0 Å². The van der Waals surface area contributed by atoms with Crippen molar-refractivity contribution in [1.82, 2.24) is 0 Å². The Hall–Kier alpha value is -0.570. The van der Waals surface area contributed by atoms with Crippen LogP contribution < -0.4 is 4.73 Å². The number of nitrogens with zero attached hydrogens (tertiary/aromatic N) is 1. The van der Waals surface area contributed by atoms with E-state index in [1.807, 2.05) is 20.8 Å². The molecule has 1 heterocycles. The van der Waals surface area contributed by atoms with Crippen molar-refractivity contribution in [3.8, 4) is 0 Å². The van der Waals surface area contributed by atoms with Crippen molar-refractivity contribution in [2.24, 2.45) is 0 Å². The zero-order chi connectivity index (χ0) is 8.59. The highest BCUT2D eigenvalue weighted by Crippen LogP contribution is 2.20. The first kappa shape index (κ1) is 8.53. The van der Waals surface area contributed by atoms with Gasteiger partial charge in [0.15, 0.2) is 11.9 Å². The second-order valence-electron chi connectivity index (χ2n) is 2.66. The maximum absolute atomic E-state index is 11.1. The van der Waals surface area contributed by atoms with E-state index in [0.717, 1.165) is 26.0 Å². The lowest BCUT2D eigenvalue weighted by Crippen LogP contribution is -2.31. The molecule has 0 spiro atoms. The zero-order valence-electron chi connectivity index (χ0n) is 6.81. The van der Waals surface area contributed by atoms with Crippen LogP contribution in [0.5, 0.6) is 0 Å². The summed E-state index contributed by atoms with van der Waals surface area (Å²) in [5, 5.41) is 11.1. The van der Waals surface area contributed by atoms with Crippen LogP contribution in [0, 0.1) is 26.0 Å². The molecule has 3 heteroatoms. The third-order valence-corrected chi connectivity index (χ3v) is 3.08. The minimum Gasteiger partial charge on any atom is -0.618 e. The van der Waals surface area contributed by atoms with Gasteiger partial charge in [-0.2, -0.15) is 4.73 Å². The van der Waals surface area contributed by atoms with Crippen LogP contribution in [0.2, 0.25) is 0 Å². The molecule has 0 aliphatic rings. The van der Waals surface area contributed by atoms with Gasteiger partial charge < -0.3 is 5.21 Å². The summed E-state index contributed by atoms with van der Waals surface area (Å²) in [6.45, 7) is 5.65. The lowest BCUT2D eigenvalue weighted by Gasteiger charge is -2.06. The Kier molecular flexibility index (Phi) is 2.18. The van der Waals surface area contributed by atoms with Gasteiger partial charge in [0, 0.05) is 22.5 Å². The summed E-state index contributed by atoms with van der Waals surface area (Å²) in [6.07, 6.45) is 1.58. The van der Waals surface area contributed by atoms with Crippen molar-refractivity contribution >= 4 is 15.9 Å². The van der Waals surface area contributed by atoms with Crippen molar-refractivity contribution in [1.29, 1.82) is 0 Å². The minimum absolute atomic E-state index is 0.752. The van der Waals surface area contributed by atoms with Gasteiger partial charge in [-0.05, 0) is 29.8 Å². The maximum atomic E-state index is 11.1. The predicted molar refractivity (Wildman–Crippen MR) is 47.3 cm³/mol. The monoisotopic (exact) mass is 215 g/mol. The van der Waals surface area contributed by atoms with E-state index in [1.165, 1.54) is 0 Å². The Labute approximate surface area is 74.6 Å². The van der Waals surface area contributed by atoms with Gasteiger partial charge in [0.05, 0.1) is 0 Å². The molecule has 0 saturated carbocycles. The molecule has 0 aromatic carbocycles. The van der Waals surface area contributed by atoms with E-state index in [-0.39, 0.29) is 0 Å². The van der Waals surface area contributed by atoms with E-state index in [0.29, 0.717) is 0 Å². The second kappa shape index (κ2) is 2.81. The van der Waals surface area contributed by atoms with Crippen LogP contribution in [-0.4, -0.2) is 0 Å². The molecule has 11 heavy (non-hydrogen) atoms. The number of pyridine rings is 1. The first-order valence-corrected chi connectivity index (χ1v) is 4.19. The standard InChI is InChI=1S/C8H10BrNO/c1-5-4-10(11)7(3)6(2)8(5)9/h4H,1-3H3. The van der Waals surface area contributed by atoms with E-state index < -0.39 is 0 Å². The van der Waals surface area contributed by atoms with Crippen molar-refractivity contribution < 1.29 is 4.73 Å². The molecule has 0 unspecified atom stereocenters. The van der Waals surface area contributed by atoms with Crippen LogP contribution in [0.3, 0.4) is 0 Å². The lowest BCUT2D eigenvalue weighted by atomic mass is 10.2. The third kappa shape index (κ3) is 1.38. The molecule has 0 aliphatic carbocycles. The van der Waals surface area contributed by atoms with Gasteiger partial charge >= 0.3 is 0 Å². The lowest BCUT2D eigenvalue weighted by molar-refractivity contribution is -0.613. The fraction of sp³-hybridized carbons (Fsp3) is 0.375. The van der Waals surface area contributed by atoms with Gasteiger partial charge in [-0.1, -0.05) is 0 Å². The maximum Gasteiger partial charge on any atom is 0.193 e. The molecule has 2 nitrogen and oxygen atoms in total. The minimum atomic E-state index is 0.752. The number of aromatic nitrogens is 1. The Morgan fingerprint density at radius 1 is 1.36 bits per heavy atom. The number of aryl methyl sites for hydroxylation is 1. The Balaban J connectivity index is 3.46. The summed E-state index contributed by atoms with van der Waals surface area (Å²) in [7, 11) is 0. The van der Waals surface area contributed by atoms with E-state index in [9.17, 15) is 5.21 Å². The molecule has 1 aromatic rings. The number of hydrogen-bond acceptors (Lipinski definition) is 1. The first-order chi connectivity index (χ1) is 5.04.